The Balaban J connectivity index is 1.93. The smallest absolute Gasteiger partial charge is 0.0198 e. The highest BCUT2D eigenvalue weighted by Crippen LogP contribution is 2.17. The number of hydrogen-bond acceptors (Lipinski definition) is 2. The predicted octanol–water partition coefficient (Wildman–Crippen LogP) is 3.06. The van der Waals surface area contributed by atoms with E-state index in [9.17, 15) is 0 Å². The van der Waals surface area contributed by atoms with Gasteiger partial charge in [0.05, 0.1) is 0 Å². The quantitative estimate of drug-likeness (QED) is 0.864. The fourth-order valence-electron chi connectivity index (χ4n) is 2.07. The topological polar surface area (TPSA) is 12.0 Å². The summed E-state index contributed by atoms with van der Waals surface area (Å²) >= 11 is 2.07. The average molecular weight is 235 g/mol. The van der Waals surface area contributed by atoms with Crippen molar-refractivity contribution in [2.45, 2.75) is 32.2 Å². The third-order valence-electron chi connectivity index (χ3n) is 3.13. The second-order valence-corrected chi connectivity index (χ2v) is 5.98. The second kappa shape index (κ2) is 5.74. The molecule has 1 aliphatic heterocycles. The number of thioether (sulfide) groups is 1. The Bertz CT molecular complexity index is 312. The van der Waals surface area contributed by atoms with Crippen LogP contribution in [0.3, 0.4) is 0 Å². The van der Waals surface area contributed by atoms with Crippen molar-refractivity contribution >= 4 is 11.8 Å². The lowest BCUT2D eigenvalue weighted by molar-refractivity contribution is 0.563. The molecule has 2 heteroatoms. The molecule has 0 bridgehead atoms. The maximum Gasteiger partial charge on any atom is 0.0198 e. The van der Waals surface area contributed by atoms with Gasteiger partial charge in [0, 0.05) is 24.1 Å². The summed E-state index contributed by atoms with van der Waals surface area (Å²) in [6, 6.07) is 9.79. The summed E-state index contributed by atoms with van der Waals surface area (Å²) in [5.41, 5.74) is 2.90. The van der Waals surface area contributed by atoms with Crippen LogP contribution in [-0.4, -0.2) is 24.1 Å². The van der Waals surface area contributed by atoms with Crippen LogP contribution in [0.5, 0.6) is 0 Å². The predicted molar refractivity (Wildman–Crippen MR) is 73.4 cm³/mol. The number of nitrogens with one attached hydrogen (secondary N) is 1. The molecule has 1 aromatic rings. The van der Waals surface area contributed by atoms with Crippen molar-refractivity contribution in [1.82, 2.24) is 5.32 Å². The summed E-state index contributed by atoms with van der Waals surface area (Å²) in [7, 11) is 0. The zero-order valence-corrected chi connectivity index (χ0v) is 11.0. The summed E-state index contributed by atoms with van der Waals surface area (Å²) in [6.07, 6.45) is 1.17. The van der Waals surface area contributed by atoms with E-state index in [1.807, 2.05) is 0 Å². The molecule has 1 atom stereocenters. The summed E-state index contributed by atoms with van der Waals surface area (Å²) in [5, 5.41) is 3.58. The molecule has 1 nitrogen and oxygen atoms in total. The van der Waals surface area contributed by atoms with Crippen molar-refractivity contribution in [1.29, 1.82) is 0 Å². The molecule has 0 radical (unpaired) electrons. The van der Waals surface area contributed by atoms with E-state index >= 15 is 0 Å². The van der Waals surface area contributed by atoms with Gasteiger partial charge < -0.3 is 5.32 Å². The van der Waals surface area contributed by atoms with Crippen LogP contribution >= 0.6 is 11.8 Å². The number of hydrogen-bond donors (Lipinski definition) is 1. The van der Waals surface area contributed by atoms with E-state index in [4.69, 9.17) is 0 Å². The number of rotatable bonds is 3. The highest BCUT2D eigenvalue weighted by atomic mass is 32.2. The van der Waals surface area contributed by atoms with E-state index in [0.29, 0.717) is 12.0 Å². The van der Waals surface area contributed by atoms with Gasteiger partial charge in [-0.2, -0.15) is 11.8 Å². The minimum Gasteiger partial charge on any atom is -0.312 e. The highest BCUT2D eigenvalue weighted by molar-refractivity contribution is 7.99. The van der Waals surface area contributed by atoms with E-state index in [2.05, 4.69) is 55.2 Å². The van der Waals surface area contributed by atoms with Crippen LogP contribution in [0, 0.1) is 0 Å². The SMILES string of the molecule is CC(C)c1ccc(CC2CSCCN2)cc1. The van der Waals surface area contributed by atoms with E-state index in [-0.39, 0.29) is 0 Å². The molecule has 1 N–H and O–H groups in total. The van der Waals surface area contributed by atoms with Crippen LogP contribution in [0.25, 0.3) is 0 Å². The molecule has 1 aromatic carbocycles. The van der Waals surface area contributed by atoms with Crippen molar-refractivity contribution in [3.8, 4) is 0 Å². The maximum absolute atomic E-state index is 3.58. The van der Waals surface area contributed by atoms with Gasteiger partial charge in [-0.3, -0.25) is 0 Å². The molecular weight excluding hydrogens is 214 g/mol. The van der Waals surface area contributed by atoms with Gasteiger partial charge in [0.1, 0.15) is 0 Å². The van der Waals surface area contributed by atoms with E-state index in [0.717, 1.165) is 0 Å². The average Bonchev–Trinajstić information content (AvgIpc) is 2.31. The summed E-state index contributed by atoms with van der Waals surface area (Å²) < 4.78 is 0. The highest BCUT2D eigenvalue weighted by Gasteiger charge is 2.13. The van der Waals surface area contributed by atoms with Gasteiger partial charge >= 0.3 is 0 Å². The van der Waals surface area contributed by atoms with E-state index in [1.54, 1.807) is 0 Å². The molecule has 1 saturated heterocycles. The zero-order chi connectivity index (χ0) is 11.4. The Labute approximate surface area is 103 Å². The normalized spacial score (nSPS) is 21.3. The summed E-state index contributed by atoms with van der Waals surface area (Å²) in [6.45, 7) is 5.65. The first-order valence-electron chi connectivity index (χ1n) is 6.15. The molecule has 88 valence electrons. The van der Waals surface area contributed by atoms with Gasteiger partial charge in [-0.05, 0) is 23.5 Å². The third kappa shape index (κ3) is 3.26. The first kappa shape index (κ1) is 12.0. The number of benzene rings is 1. The van der Waals surface area contributed by atoms with Crippen molar-refractivity contribution < 1.29 is 0 Å². The third-order valence-corrected chi connectivity index (χ3v) is 4.26. The van der Waals surface area contributed by atoms with Gasteiger partial charge in [-0.15, -0.1) is 0 Å². The van der Waals surface area contributed by atoms with Crippen LogP contribution in [-0.2, 0) is 6.42 Å². The summed E-state index contributed by atoms with van der Waals surface area (Å²) in [4.78, 5) is 0. The van der Waals surface area contributed by atoms with E-state index < -0.39 is 0 Å². The lowest BCUT2D eigenvalue weighted by Gasteiger charge is -2.23. The van der Waals surface area contributed by atoms with Gasteiger partial charge in [0.15, 0.2) is 0 Å². The van der Waals surface area contributed by atoms with Crippen LogP contribution in [0.1, 0.15) is 30.9 Å². The van der Waals surface area contributed by atoms with Crippen LogP contribution in [0.15, 0.2) is 24.3 Å². The minimum atomic E-state index is 0.636. The fourth-order valence-corrected chi connectivity index (χ4v) is 3.02. The standard InChI is InChI=1S/C14H21NS/c1-11(2)13-5-3-12(4-6-13)9-14-10-16-8-7-15-14/h3-6,11,14-15H,7-10H2,1-2H3. The molecule has 0 aliphatic carbocycles. The lowest BCUT2D eigenvalue weighted by Crippen LogP contribution is -2.38. The second-order valence-electron chi connectivity index (χ2n) is 4.83. The van der Waals surface area contributed by atoms with Gasteiger partial charge in [-0.25, -0.2) is 0 Å². The van der Waals surface area contributed by atoms with Gasteiger partial charge in [-0.1, -0.05) is 38.1 Å². The summed E-state index contributed by atoms with van der Waals surface area (Å²) in [5.74, 6) is 3.16. The maximum atomic E-state index is 3.58. The van der Waals surface area contributed by atoms with Crippen molar-refractivity contribution in [3.05, 3.63) is 35.4 Å². The molecule has 0 spiro atoms. The zero-order valence-electron chi connectivity index (χ0n) is 10.2. The molecule has 0 aromatic heterocycles. The first-order chi connectivity index (χ1) is 7.75. The Hall–Kier alpha value is -0.470. The van der Waals surface area contributed by atoms with Crippen molar-refractivity contribution in [2.75, 3.05) is 18.1 Å². The van der Waals surface area contributed by atoms with Crippen LogP contribution in [0.2, 0.25) is 0 Å². The Morgan fingerprint density at radius 3 is 2.62 bits per heavy atom. The molecule has 16 heavy (non-hydrogen) atoms. The molecule has 0 saturated carbocycles. The largest absolute Gasteiger partial charge is 0.312 e. The molecule has 1 heterocycles. The molecule has 1 aliphatic rings. The molecular formula is C14H21NS. The Morgan fingerprint density at radius 1 is 1.31 bits per heavy atom. The van der Waals surface area contributed by atoms with Crippen LogP contribution < -0.4 is 5.32 Å². The molecule has 1 fully saturated rings. The minimum absolute atomic E-state index is 0.636. The lowest BCUT2D eigenvalue weighted by atomic mass is 9.99. The van der Waals surface area contributed by atoms with Crippen molar-refractivity contribution in [2.24, 2.45) is 0 Å². The first-order valence-corrected chi connectivity index (χ1v) is 7.31. The molecule has 0 amide bonds. The Morgan fingerprint density at radius 2 is 2.06 bits per heavy atom. The fraction of sp³-hybridized carbons (Fsp3) is 0.571. The molecule has 2 rings (SSSR count). The molecule has 1 unspecified atom stereocenters. The van der Waals surface area contributed by atoms with E-state index in [1.165, 1.54) is 35.6 Å². The van der Waals surface area contributed by atoms with Crippen LogP contribution in [0.4, 0.5) is 0 Å². The Kier molecular flexibility index (Phi) is 4.30. The van der Waals surface area contributed by atoms with Crippen molar-refractivity contribution in [3.63, 3.8) is 0 Å². The van der Waals surface area contributed by atoms with Gasteiger partial charge in [0.2, 0.25) is 0 Å². The van der Waals surface area contributed by atoms with Gasteiger partial charge in [0.25, 0.3) is 0 Å². The monoisotopic (exact) mass is 235 g/mol.